The first-order valence-corrected chi connectivity index (χ1v) is 9.85. The molecule has 0 saturated carbocycles. The lowest BCUT2D eigenvalue weighted by molar-refractivity contribution is -0.915. The molecule has 3 aromatic heterocycles. The summed E-state index contributed by atoms with van der Waals surface area (Å²) in [6.45, 7) is 9.05. The third-order valence-electron chi connectivity index (χ3n) is 5.20. The second-order valence-corrected chi connectivity index (χ2v) is 7.87. The van der Waals surface area contributed by atoms with Crippen molar-refractivity contribution >= 4 is 33.1 Å². The number of rotatable bonds is 3. The minimum atomic E-state index is 0.588. The molecule has 132 valence electrons. The largest absolute Gasteiger partial charge is 0.378 e. The van der Waals surface area contributed by atoms with Crippen LogP contribution in [0.2, 0.25) is 0 Å². The van der Waals surface area contributed by atoms with Crippen LogP contribution in [0.25, 0.3) is 16.0 Å². The number of ether oxygens (including phenoxy) is 1. The molecular weight excluding hydrogens is 338 g/mol. The molecule has 0 amide bonds. The molecule has 25 heavy (non-hydrogen) atoms. The third kappa shape index (κ3) is 2.49. The lowest BCUT2D eigenvalue weighted by Gasteiger charge is -2.29. The van der Waals surface area contributed by atoms with Gasteiger partial charge in [-0.05, 0) is 22.4 Å². The van der Waals surface area contributed by atoms with E-state index in [9.17, 15) is 0 Å². The molecule has 1 fully saturated rings. The molecule has 2 aliphatic heterocycles. The van der Waals surface area contributed by atoms with Crippen molar-refractivity contribution < 1.29 is 9.64 Å². The molecule has 0 radical (unpaired) electrons. The molecule has 5 rings (SSSR count). The Labute approximate surface area is 149 Å². The lowest BCUT2D eigenvalue weighted by atomic mass is 10.0. The molecule has 1 unspecified atom stereocenters. The number of thiophene rings is 1. The SMILES string of the molecule is CCC[NH+]1CCc2c(sc3c2c(N2CCOCC2)nc2nnnn23)C1. The minimum Gasteiger partial charge on any atom is -0.378 e. The van der Waals surface area contributed by atoms with Gasteiger partial charge < -0.3 is 14.5 Å². The van der Waals surface area contributed by atoms with Gasteiger partial charge in [0.1, 0.15) is 17.2 Å². The van der Waals surface area contributed by atoms with E-state index in [4.69, 9.17) is 9.72 Å². The van der Waals surface area contributed by atoms with E-state index < -0.39 is 0 Å². The Morgan fingerprint density at radius 2 is 2.16 bits per heavy atom. The van der Waals surface area contributed by atoms with Crippen LogP contribution >= 0.6 is 11.3 Å². The summed E-state index contributed by atoms with van der Waals surface area (Å²) in [7, 11) is 0. The fraction of sp³-hybridized carbons (Fsp3) is 0.625. The first kappa shape index (κ1) is 15.4. The maximum atomic E-state index is 5.53. The van der Waals surface area contributed by atoms with Gasteiger partial charge in [0.25, 0.3) is 5.78 Å². The van der Waals surface area contributed by atoms with Gasteiger partial charge in [0.2, 0.25) is 0 Å². The molecular formula is C16H22N7OS+. The van der Waals surface area contributed by atoms with Gasteiger partial charge in [-0.15, -0.1) is 11.3 Å². The first-order valence-electron chi connectivity index (χ1n) is 9.03. The average molecular weight is 360 g/mol. The maximum Gasteiger partial charge on any atom is 0.276 e. The van der Waals surface area contributed by atoms with Gasteiger partial charge in [-0.25, -0.2) is 0 Å². The van der Waals surface area contributed by atoms with Crippen molar-refractivity contribution in [3.63, 3.8) is 0 Å². The summed E-state index contributed by atoms with van der Waals surface area (Å²) < 4.78 is 7.33. The summed E-state index contributed by atoms with van der Waals surface area (Å²) in [6.07, 6.45) is 2.34. The average Bonchev–Trinajstić information content (AvgIpc) is 3.25. The van der Waals surface area contributed by atoms with Crippen molar-refractivity contribution in [3.8, 4) is 0 Å². The van der Waals surface area contributed by atoms with Crippen LogP contribution in [-0.4, -0.2) is 64.4 Å². The van der Waals surface area contributed by atoms with Crippen molar-refractivity contribution in [1.82, 2.24) is 25.0 Å². The van der Waals surface area contributed by atoms with Gasteiger partial charge in [0, 0.05) is 19.5 Å². The Kier molecular flexibility index (Phi) is 3.79. The number of aromatic nitrogens is 5. The number of fused-ring (bicyclic) bond motifs is 5. The molecule has 2 aliphatic rings. The van der Waals surface area contributed by atoms with Crippen LogP contribution in [0.1, 0.15) is 23.8 Å². The fourth-order valence-corrected chi connectivity index (χ4v) is 5.37. The van der Waals surface area contributed by atoms with Gasteiger partial charge in [-0.2, -0.15) is 9.50 Å². The van der Waals surface area contributed by atoms with E-state index in [2.05, 4.69) is 27.3 Å². The molecule has 9 heteroatoms. The summed E-state index contributed by atoms with van der Waals surface area (Å²) in [6, 6.07) is 0. The van der Waals surface area contributed by atoms with E-state index in [-0.39, 0.29) is 0 Å². The van der Waals surface area contributed by atoms with E-state index >= 15 is 0 Å². The van der Waals surface area contributed by atoms with Gasteiger partial charge >= 0.3 is 0 Å². The minimum absolute atomic E-state index is 0.588. The van der Waals surface area contributed by atoms with E-state index in [1.54, 1.807) is 4.90 Å². The van der Waals surface area contributed by atoms with Crippen molar-refractivity contribution in [2.45, 2.75) is 26.3 Å². The van der Waals surface area contributed by atoms with Crippen LogP contribution in [0.3, 0.4) is 0 Å². The predicted octanol–water partition coefficient (Wildman–Crippen LogP) is -0.0784. The highest BCUT2D eigenvalue weighted by atomic mass is 32.1. The van der Waals surface area contributed by atoms with Crippen LogP contribution in [0.4, 0.5) is 5.82 Å². The highest BCUT2D eigenvalue weighted by Crippen LogP contribution is 2.38. The molecule has 0 aliphatic carbocycles. The molecule has 0 bridgehead atoms. The van der Waals surface area contributed by atoms with Crippen molar-refractivity contribution in [3.05, 3.63) is 10.4 Å². The van der Waals surface area contributed by atoms with Crippen molar-refractivity contribution in [1.29, 1.82) is 0 Å². The zero-order valence-corrected chi connectivity index (χ0v) is 15.2. The first-order chi connectivity index (χ1) is 12.3. The molecule has 0 spiro atoms. The van der Waals surface area contributed by atoms with Crippen LogP contribution in [0, 0.1) is 0 Å². The highest BCUT2D eigenvalue weighted by molar-refractivity contribution is 7.19. The molecule has 1 saturated heterocycles. The molecule has 3 aromatic rings. The fourth-order valence-electron chi connectivity index (χ4n) is 4.01. The lowest BCUT2D eigenvalue weighted by Crippen LogP contribution is -3.11. The van der Waals surface area contributed by atoms with E-state index in [0.29, 0.717) is 5.78 Å². The summed E-state index contributed by atoms with van der Waals surface area (Å²) in [5, 5.41) is 13.4. The summed E-state index contributed by atoms with van der Waals surface area (Å²) in [5.41, 5.74) is 1.46. The number of anilines is 1. The van der Waals surface area contributed by atoms with Gasteiger partial charge in [-0.1, -0.05) is 12.0 Å². The summed E-state index contributed by atoms with van der Waals surface area (Å²) in [5.74, 6) is 1.63. The number of hydrogen-bond donors (Lipinski definition) is 1. The number of quaternary nitrogens is 1. The smallest absolute Gasteiger partial charge is 0.276 e. The molecule has 5 heterocycles. The zero-order valence-electron chi connectivity index (χ0n) is 14.4. The summed E-state index contributed by atoms with van der Waals surface area (Å²) in [4.78, 5) is 11.4. The van der Waals surface area contributed by atoms with Crippen LogP contribution in [-0.2, 0) is 17.7 Å². The third-order valence-corrected chi connectivity index (χ3v) is 6.41. The Morgan fingerprint density at radius 3 is 3.00 bits per heavy atom. The number of nitrogens with one attached hydrogen (secondary N) is 1. The van der Waals surface area contributed by atoms with E-state index in [0.717, 1.165) is 49.9 Å². The number of tetrazole rings is 1. The predicted molar refractivity (Wildman–Crippen MR) is 95.4 cm³/mol. The second-order valence-electron chi connectivity index (χ2n) is 6.79. The number of nitrogens with zero attached hydrogens (tertiary/aromatic N) is 6. The highest BCUT2D eigenvalue weighted by Gasteiger charge is 2.29. The molecule has 1 atom stereocenters. The Hall–Kier alpha value is -1.84. The maximum absolute atomic E-state index is 5.53. The van der Waals surface area contributed by atoms with Gasteiger partial charge in [-0.3, -0.25) is 0 Å². The Bertz CT molecular complexity index is 914. The Morgan fingerprint density at radius 1 is 1.28 bits per heavy atom. The van der Waals surface area contributed by atoms with Crippen LogP contribution in [0.15, 0.2) is 0 Å². The quantitative estimate of drug-likeness (QED) is 0.705. The number of morpholine rings is 1. The molecule has 8 nitrogen and oxygen atoms in total. The van der Waals surface area contributed by atoms with Crippen molar-refractivity contribution in [2.24, 2.45) is 0 Å². The van der Waals surface area contributed by atoms with Gasteiger partial charge in [0.05, 0.1) is 36.6 Å². The second kappa shape index (κ2) is 6.15. The summed E-state index contributed by atoms with van der Waals surface area (Å²) >= 11 is 1.84. The normalized spacial score (nSPS) is 21.2. The topological polar surface area (TPSA) is 72.9 Å². The standard InChI is InChI=1S/C16H21N7OS/c1-2-4-21-5-3-11-12(10-21)25-15-13(11)14(22-6-8-24-9-7-22)17-16-18-19-20-23(15)16/h2-10H2,1H3/p+1. The van der Waals surface area contributed by atoms with Crippen molar-refractivity contribution in [2.75, 3.05) is 44.3 Å². The number of hydrogen-bond acceptors (Lipinski definition) is 7. The molecule has 0 aromatic carbocycles. The van der Waals surface area contributed by atoms with E-state index in [1.165, 1.54) is 35.3 Å². The molecule has 1 N–H and O–H groups in total. The van der Waals surface area contributed by atoms with Crippen LogP contribution in [0.5, 0.6) is 0 Å². The monoisotopic (exact) mass is 360 g/mol. The van der Waals surface area contributed by atoms with Gasteiger partial charge in [0.15, 0.2) is 0 Å². The van der Waals surface area contributed by atoms with Crippen LogP contribution < -0.4 is 9.80 Å². The zero-order chi connectivity index (χ0) is 16.8. The Balaban J connectivity index is 1.70. The van der Waals surface area contributed by atoms with E-state index in [1.807, 2.05) is 15.9 Å².